The highest BCUT2D eigenvalue weighted by atomic mass is 32.1. The van der Waals surface area contributed by atoms with Crippen LogP contribution in [-0.4, -0.2) is 22.5 Å². The van der Waals surface area contributed by atoms with Crippen molar-refractivity contribution in [2.24, 2.45) is 5.10 Å². The van der Waals surface area contributed by atoms with Crippen LogP contribution in [0.15, 0.2) is 40.9 Å². The summed E-state index contributed by atoms with van der Waals surface area (Å²) in [6, 6.07) is 7.46. The second-order valence-electron chi connectivity index (χ2n) is 4.47. The smallest absolute Gasteiger partial charge is 0.271 e. The van der Waals surface area contributed by atoms with Gasteiger partial charge >= 0.3 is 0 Å². The molecule has 0 bridgehead atoms. The largest absolute Gasteiger partial charge is 0.321 e. The Hall–Kier alpha value is -2.54. The molecular formula is C14H12N4O2S. The Kier molecular flexibility index (Phi) is 3.74. The molecule has 3 rings (SSSR count). The molecule has 2 amide bonds. The Labute approximate surface area is 124 Å². The lowest BCUT2D eigenvalue weighted by Gasteiger charge is -2.12. The molecule has 0 aliphatic carbocycles. The van der Waals surface area contributed by atoms with Crippen LogP contribution in [0.2, 0.25) is 0 Å². The van der Waals surface area contributed by atoms with Crippen molar-refractivity contribution in [1.29, 1.82) is 0 Å². The molecule has 0 saturated heterocycles. The minimum Gasteiger partial charge on any atom is -0.321 e. The number of thiazole rings is 1. The number of nitrogens with one attached hydrogen (secondary N) is 2. The van der Waals surface area contributed by atoms with Gasteiger partial charge in [0, 0.05) is 35.7 Å². The van der Waals surface area contributed by atoms with E-state index in [9.17, 15) is 9.59 Å². The third-order valence-electron chi connectivity index (χ3n) is 2.97. The number of hydrogen-bond acceptors (Lipinski definition) is 5. The number of amides is 2. The molecule has 1 aliphatic heterocycles. The van der Waals surface area contributed by atoms with Gasteiger partial charge in [-0.25, -0.2) is 10.4 Å². The molecule has 0 unspecified atom stereocenters. The van der Waals surface area contributed by atoms with Crippen LogP contribution in [0, 0.1) is 0 Å². The average molecular weight is 300 g/mol. The number of nitrogens with zero attached hydrogens (tertiary/aromatic N) is 2. The van der Waals surface area contributed by atoms with Gasteiger partial charge in [-0.15, -0.1) is 11.3 Å². The zero-order valence-electron chi connectivity index (χ0n) is 11.0. The van der Waals surface area contributed by atoms with Gasteiger partial charge in [0.1, 0.15) is 10.7 Å². The molecule has 21 heavy (non-hydrogen) atoms. The molecule has 2 N–H and O–H groups in total. The van der Waals surface area contributed by atoms with Crippen molar-refractivity contribution in [3.63, 3.8) is 0 Å². The van der Waals surface area contributed by atoms with E-state index in [0.29, 0.717) is 17.8 Å². The predicted molar refractivity (Wildman–Crippen MR) is 81.0 cm³/mol. The van der Waals surface area contributed by atoms with E-state index in [1.165, 1.54) is 11.3 Å². The maximum atomic E-state index is 12.1. The number of benzene rings is 1. The van der Waals surface area contributed by atoms with Crippen LogP contribution in [0.5, 0.6) is 0 Å². The quantitative estimate of drug-likeness (QED) is 0.909. The third kappa shape index (κ3) is 3.14. The highest BCUT2D eigenvalue weighted by molar-refractivity contribution is 7.13. The van der Waals surface area contributed by atoms with Crippen molar-refractivity contribution in [3.05, 3.63) is 35.8 Å². The SMILES string of the molecule is O=C1CCC(C(=O)Nc2cccc(-c3nccs3)c2)=NN1. The number of hydrogen-bond donors (Lipinski definition) is 2. The number of carbonyl (C=O) groups is 2. The van der Waals surface area contributed by atoms with Crippen molar-refractivity contribution < 1.29 is 9.59 Å². The van der Waals surface area contributed by atoms with Crippen LogP contribution < -0.4 is 10.7 Å². The van der Waals surface area contributed by atoms with Gasteiger partial charge in [0.2, 0.25) is 5.91 Å². The summed E-state index contributed by atoms with van der Waals surface area (Å²) in [4.78, 5) is 27.3. The standard InChI is InChI=1S/C14H12N4O2S/c19-12-5-4-11(17-18-12)13(20)16-10-3-1-2-9(8-10)14-15-6-7-21-14/h1-3,6-8H,4-5H2,(H,16,20)(H,18,19). The maximum absolute atomic E-state index is 12.1. The number of carbonyl (C=O) groups excluding carboxylic acids is 2. The molecule has 7 heteroatoms. The fourth-order valence-corrected chi connectivity index (χ4v) is 2.57. The van der Waals surface area contributed by atoms with E-state index in [0.717, 1.165) is 10.6 Å². The second kappa shape index (κ2) is 5.84. The van der Waals surface area contributed by atoms with Crippen molar-refractivity contribution in [1.82, 2.24) is 10.4 Å². The van der Waals surface area contributed by atoms with Gasteiger partial charge in [0.15, 0.2) is 0 Å². The summed E-state index contributed by atoms with van der Waals surface area (Å²) >= 11 is 1.54. The van der Waals surface area contributed by atoms with E-state index < -0.39 is 0 Å². The van der Waals surface area contributed by atoms with E-state index in [-0.39, 0.29) is 18.2 Å². The van der Waals surface area contributed by atoms with Gasteiger partial charge in [-0.2, -0.15) is 5.10 Å². The topological polar surface area (TPSA) is 83.5 Å². The third-order valence-corrected chi connectivity index (χ3v) is 3.79. The van der Waals surface area contributed by atoms with E-state index in [4.69, 9.17) is 0 Å². The molecule has 0 fully saturated rings. The van der Waals surface area contributed by atoms with Crippen molar-refractivity contribution >= 4 is 34.6 Å². The first-order valence-electron chi connectivity index (χ1n) is 6.39. The van der Waals surface area contributed by atoms with Gasteiger partial charge in [-0.1, -0.05) is 12.1 Å². The number of aromatic nitrogens is 1. The normalized spacial score (nSPS) is 14.3. The summed E-state index contributed by atoms with van der Waals surface area (Å²) in [5.74, 6) is -0.469. The lowest BCUT2D eigenvalue weighted by atomic mass is 10.1. The first-order valence-corrected chi connectivity index (χ1v) is 7.27. The molecule has 2 aromatic rings. The van der Waals surface area contributed by atoms with Gasteiger partial charge in [0.25, 0.3) is 5.91 Å². The first kappa shape index (κ1) is 13.4. The summed E-state index contributed by atoms with van der Waals surface area (Å²) in [6.45, 7) is 0. The summed E-state index contributed by atoms with van der Waals surface area (Å²) in [6.07, 6.45) is 2.37. The van der Waals surface area contributed by atoms with Gasteiger partial charge < -0.3 is 5.32 Å². The summed E-state index contributed by atoms with van der Waals surface area (Å²) in [7, 11) is 0. The van der Waals surface area contributed by atoms with Crippen LogP contribution in [0.3, 0.4) is 0 Å². The summed E-state index contributed by atoms with van der Waals surface area (Å²) in [5, 5.41) is 9.36. The van der Waals surface area contributed by atoms with Crippen LogP contribution in [0.1, 0.15) is 12.8 Å². The number of rotatable bonds is 3. The van der Waals surface area contributed by atoms with E-state index >= 15 is 0 Å². The minimum atomic E-state index is -0.300. The van der Waals surface area contributed by atoms with E-state index in [1.807, 2.05) is 23.6 Å². The van der Waals surface area contributed by atoms with Crippen LogP contribution in [-0.2, 0) is 9.59 Å². The Morgan fingerprint density at radius 3 is 2.95 bits per heavy atom. The molecular weight excluding hydrogens is 288 g/mol. The number of hydrazone groups is 1. The summed E-state index contributed by atoms with van der Waals surface area (Å²) < 4.78 is 0. The minimum absolute atomic E-state index is 0.169. The fraction of sp³-hybridized carbons (Fsp3) is 0.143. The molecule has 1 aromatic carbocycles. The Balaban J connectivity index is 1.75. The Morgan fingerprint density at radius 1 is 1.33 bits per heavy atom. The second-order valence-corrected chi connectivity index (χ2v) is 5.36. The summed E-state index contributed by atoms with van der Waals surface area (Å²) in [5.41, 5.74) is 4.26. The molecule has 6 nitrogen and oxygen atoms in total. The molecule has 1 aromatic heterocycles. The van der Waals surface area contributed by atoms with E-state index in [2.05, 4.69) is 20.8 Å². The van der Waals surface area contributed by atoms with Gasteiger partial charge in [-0.05, 0) is 12.1 Å². The highest BCUT2D eigenvalue weighted by Gasteiger charge is 2.18. The zero-order chi connectivity index (χ0) is 14.7. The van der Waals surface area contributed by atoms with Gasteiger partial charge in [-0.3, -0.25) is 9.59 Å². The molecule has 0 saturated carbocycles. The van der Waals surface area contributed by atoms with Crippen LogP contribution in [0.4, 0.5) is 5.69 Å². The lowest BCUT2D eigenvalue weighted by molar-refractivity contribution is -0.121. The van der Waals surface area contributed by atoms with Gasteiger partial charge in [0.05, 0.1) is 0 Å². The van der Waals surface area contributed by atoms with E-state index in [1.54, 1.807) is 12.3 Å². The molecule has 0 spiro atoms. The van der Waals surface area contributed by atoms with Crippen molar-refractivity contribution in [3.8, 4) is 10.6 Å². The Bertz CT molecular complexity index is 710. The molecule has 1 aliphatic rings. The fourth-order valence-electron chi connectivity index (χ4n) is 1.94. The van der Waals surface area contributed by atoms with Crippen LogP contribution >= 0.6 is 11.3 Å². The molecule has 0 radical (unpaired) electrons. The molecule has 106 valence electrons. The first-order chi connectivity index (χ1) is 10.2. The number of anilines is 1. The predicted octanol–water partition coefficient (Wildman–Crippen LogP) is 2.01. The monoisotopic (exact) mass is 300 g/mol. The zero-order valence-corrected chi connectivity index (χ0v) is 11.8. The molecule has 0 atom stereocenters. The Morgan fingerprint density at radius 2 is 2.24 bits per heavy atom. The average Bonchev–Trinajstić information content (AvgIpc) is 3.02. The highest BCUT2D eigenvalue weighted by Crippen LogP contribution is 2.24. The van der Waals surface area contributed by atoms with Crippen molar-refractivity contribution in [2.75, 3.05) is 5.32 Å². The van der Waals surface area contributed by atoms with Crippen molar-refractivity contribution in [2.45, 2.75) is 12.8 Å². The lowest BCUT2D eigenvalue weighted by Crippen LogP contribution is -2.32. The van der Waals surface area contributed by atoms with Crippen LogP contribution in [0.25, 0.3) is 10.6 Å². The maximum Gasteiger partial charge on any atom is 0.271 e. The molecule has 2 heterocycles.